The standard InChI is InChI=1S/C18H19NO4S/c1-2-15-6-3-7-16(12-15)19(13-17-8-4-10-22-17)24(20,21)14-18-9-5-11-23-18/h1,3-4,6-8,10,12,18H,5,9,11,13-14H2. The summed E-state index contributed by atoms with van der Waals surface area (Å²) in [6.45, 7) is 0.737. The minimum Gasteiger partial charge on any atom is -0.467 e. The molecule has 1 saturated heterocycles. The fourth-order valence-electron chi connectivity index (χ4n) is 2.75. The highest BCUT2D eigenvalue weighted by molar-refractivity contribution is 7.92. The van der Waals surface area contributed by atoms with Crippen LogP contribution < -0.4 is 4.31 Å². The van der Waals surface area contributed by atoms with Crippen molar-refractivity contribution in [3.8, 4) is 12.3 Å². The molecule has 2 heterocycles. The van der Waals surface area contributed by atoms with Crippen LogP contribution in [0.15, 0.2) is 47.1 Å². The maximum absolute atomic E-state index is 13.0. The van der Waals surface area contributed by atoms with Gasteiger partial charge < -0.3 is 9.15 Å². The molecule has 0 saturated carbocycles. The molecule has 6 heteroatoms. The summed E-state index contributed by atoms with van der Waals surface area (Å²) in [6.07, 6.45) is 8.36. The topological polar surface area (TPSA) is 59.8 Å². The van der Waals surface area contributed by atoms with E-state index in [0.717, 1.165) is 12.8 Å². The summed E-state index contributed by atoms with van der Waals surface area (Å²) >= 11 is 0. The van der Waals surface area contributed by atoms with E-state index >= 15 is 0 Å². The van der Waals surface area contributed by atoms with Crippen molar-refractivity contribution < 1.29 is 17.6 Å². The Kier molecular flexibility index (Phi) is 4.93. The first kappa shape index (κ1) is 16.6. The third-order valence-corrected chi connectivity index (χ3v) is 5.74. The van der Waals surface area contributed by atoms with Crippen molar-refractivity contribution in [1.29, 1.82) is 0 Å². The lowest BCUT2D eigenvalue weighted by atomic mass is 10.2. The van der Waals surface area contributed by atoms with Crippen molar-refractivity contribution in [3.63, 3.8) is 0 Å². The second-order valence-corrected chi connectivity index (χ2v) is 7.63. The van der Waals surface area contributed by atoms with Gasteiger partial charge in [0, 0.05) is 12.2 Å². The molecule has 0 radical (unpaired) electrons. The Balaban J connectivity index is 1.92. The van der Waals surface area contributed by atoms with Crippen LogP contribution in [0.25, 0.3) is 0 Å². The minimum absolute atomic E-state index is 0.0476. The van der Waals surface area contributed by atoms with Crippen LogP contribution in [0.3, 0.4) is 0 Å². The van der Waals surface area contributed by atoms with Gasteiger partial charge in [-0.05, 0) is 43.2 Å². The molecule has 1 fully saturated rings. The summed E-state index contributed by atoms with van der Waals surface area (Å²) in [7, 11) is -3.58. The predicted molar refractivity (Wildman–Crippen MR) is 92.0 cm³/mol. The first-order chi connectivity index (χ1) is 11.6. The number of hydrogen-bond donors (Lipinski definition) is 0. The van der Waals surface area contributed by atoms with Gasteiger partial charge in [-0.3, -0.25) is 4.31 Å². The number of ether oxygens (including phenoxy) is 1. The molecule has 5 nitrogen and oxygen atoms in total. The molecule has 1 aliphatic rings. The van der Waals surface area contributed by atoms with Crippen LogP contribution in [-0.4, -0.2) is 26.9 Å². The molecule has 2 aromatic rings. The Morgan fingerprint density at radius 3 is 2.83 bits per heavy atom. The van der Waals surface area contributed by atoms with Crippen LogP contribution in [0, 0.1) is 12.3 Å². The normalized spacial score (nSPS) is 17.5. The fraction of sp³-hybridized carbons (Fsp3) is 0.333. The highest BCUT2D eigenvalue weighted by Crippen LogP contribution is 2.25. The van der Waals surface area contributed by atoms with Crippen molar-refractivity contribution in [2.45, 2.75) is 25.5 Å². The molecule has 1 aliphatic heterocycles. The van der Waals surface area contributed by atoms with Gasteiger partial charge >= 0.3 is 0 Å². The first-order valence-electron chi connectivity index (χ1n) is 7.79. The molecule has 0 bridgehead atoms. The van der Waals surface area contributed by atoms with Crippen molar-refractivity contribution in [2.24, 2.45) is 0 Å². The average molecular weight is 345 g/mol. The summed E-state index contributed by atoms with van der Waals surface area (Å²) < 4.78 is 38.1. The maximum atomic E-state index is 13.0. The van der Waals surface area contributed by atoms with E-state index in [2.05, 4.69) is 5.92 Å². The van der Waals surface area contributed by atoms with Crippen LogP contribution >= 0.6 is 0 Å². The van der Waals surface area contributed by atoms with Gasteiger partial charge in [0.2, 0.25) is 10.0 Å². The van der Waals surface area contributed by atoms with Gasteiger partial charge in [0.1, 0.15) is 5.76 Å². The summed E-state index contributed by atoms with van der Waals surface area (Å²) in [5.41, 5.74) is 1.16. The lowest BCUT2D eigenvalue weighted by molar-refractivity contribution is 0.127. The van der Waals surface area contributed by atoms with Gasteiger partial charge in [-0.15, -0.1) is 6.42 Å². The van der Waals surface area contributed by atoms with E-state index in [4.69, 9.17) is 15.6 Å². The van der Waals surface area contributed by atoms with E-state index in [-0.39, 0.29) is 18.4 Å². The summed E-state index contributed by atoms with van der Waals surface area (Å²) in [5.74, 6) is 3.06. The molecule has 0 amide bonds. The Morgan fingerprint density at radius 1 is 1.29 bits per heavy atom. The second-order valence-electron chi connectivity index (χ2n) is 5.69. The third-order valence-electron chi connectivity index (χ3n) is 3.94. The molecular formula is C18H19NO4S. The summed E-state index contributed by atoms with van der Waals surface area (Å²) in [6, 6.07) is 10.4. The highest BCUT2D eigenvalue weighted by Gasteiger charge is 2.29. The zero-order valence-corrected chi connectivity index (χ0v) is 14.0. The lowest BCUT2D eigenvalue weighted by Crippen LogP contribution is -2.36. The Bertz CT molecular complexity index is 815. The number of anilines is 1. The van der Waals surface area contributed by atoms with Crippen LogP contribution in [0.1, 0.15) is 24.2 Å². The first-order valence-corrected chi connectivity index (χ1v) is 9.40. The molecule has 1 aromatic carbocycles. The van der Waals surface area contributed by atoms with Crippen LogP contribution in [0.5, 0.6) is 0 Å². The highest BCUT2D eigenvalue weighted by atomic mass is 32.2. The zero-order valence-electron chi connectivity index (χ0n) is 13.2. The number of sulfonamides is 1. The van der Waals surface area contributed by atoms with Crippen LogP contribution in [-0.2, 0) is 21.3 Å². The Morgan fingerprint density at radius 2 is 2.17 bits per heavy atom. The molecule has 3 rings (SSSR count). The number of nitrogens with zero attached hydrogens (tertiary/aromatic N) is 1. The van der Waals surface area contributed by atoms with Crippen molar-refractivity contribution in [1.82, 2.24) is 0 Å². The Labute approximate surface area is 142 Å². The number of benzene rings is 1. The maximum Gasteiger partial charge on any atom is 0.238 e. The molecule has 0 spiro atoms. The number of hydrogen-bond acceptors (Lipinski definition) is 4. The summed E-state index contributed by atoms with van der Waals surface area (Å²) in [5, 5.41) is 0. The van der Waals surface area contributed by atoms with E-state index in [0.29, 0.717) is 23.6 Å². The zero-order chi connectivity index (χ0) is 17.0. The molecule has 1 aromatic heterocycles. The van der Waals surface area contributed by atoms with Gasteiger partial charge in [-0.2, -0.15) is 0 Å². The van der Waals surface area contributed by atoms with Gasteiger partial charge in [0.15, 0.2) is 0 Å². The van der Waals surface area contributed by atoms with Crippen LogP contribution in [0.2, 0.25) is 0 Å². The number of terminal acetylenes is 1. The van der Waals surface area contributed by atoms with E-state index in [1.165, 1.54) is 10.6 Å². The average Bonchev–Trinajstić information content (AvgIpc) is 3.25. The van der Waals surface area contributed by atoms with Gasteiger partial charge in [-0.1, -0.05) is 12.0 Å². The largest absolute Gasteiger partial charge is 0.467 e. The van der Waals surface area contributed by atoms with Gasteiger partial charge in [0.05, 0.1) is 30.4 Å². The van der Waals surface area contributed by atoms with Gasteiger partial charge in [-0.25, -0.2) is 8.42 Å². The van der Waals surface area contributed by atoms with Crippen molar-refractivity contribution in [2.75, 3.05) is 16.7 Å². The second kappa shape index (κ2) is 7.12. The molecule has 0 aliphatic carbocycles. The monoisotopic (exact) mass is 345 g/mol. The van der Waals surface area contributed by atoms with Gasteiger partial charge in [0.25, 0.3) is 0 Å². The predicted octanol–water partition coefficient (Wildman–Crippen LogP) is 2.78. The van der Waals surface area contributed by atoms with Crippen molar-refractivity contribution in [3.05, 3.63) is 54.0 Å². The van der Waals surface area contributed by atoms with Crippen LogP contribution in [0.4, 0.5) is 5.69 Å². The van der Waals surface area contributed by atoms with E-state index in [1.54, 1.807) is 36.4 Å². The molecule has 126 valence electrons. The Hall–Kier alpha value is -2.23. The summed E-state index contributed by atoms with van der Waals surface area (Å²) in [4.78, 5) is 0. The van der Waals surface area contributed by atoms with E-state index < -0.39 is 10.0 Å². The van der Waals surface area contributed by atoms with E-state index in [1.807, 2.05) is 0 Å². The van der Waals surface area contributed by atoms with Crippen molar-refractivity contribution >= 4 is 15.7 Å². The smallest absolute Gasteiger partial charge is 0.238 e. The minimum atomic E-state index is -3.58. The molecule has 24 heavy (non-hydrogen) atoms. The molecule has 1 unspecified atom stereocenters. The SMILES string of the molecule is C#Cc1cccc(N(Cc2ccco2)S(=O)(=O)CC2CCCO2)c1. The molecular weight excluding hydrogens is 326 g/mol. The van der Waals surface area contributed by atoms with E-state index in [9.17, 15) is 8.42 Å². The number of furan rings is 1. The molecule has 1 atom stereocenters. The quantitative estimate of drug-likeness (QED) is 0.756. The lowest BCUT2D eigenvalue weighted by Gasteiger charge is -2.25. The molecule has 0 N–H and O–H groups in total. The third kappa shape index (κ3) is 3.81. The fourth-order valence-corrected chi connectivity index (χ4v) is 4.42. The number of rotatable bonds is 6.